The zero-order valence-corrected chi connectivity index (χ0v) is 19.7. The zero-order valence-electron chi connectivity index (χ0n) is 19.7. The summed E-state index contributed by atoms with van der Waals surface area (Å²) in [5.41, 5.74) is -0.824. The molecule has 12 heteroatoms. The van der Waals surface area contributed by atoms with Crippen LogP contribution in [-0.4, -0.2) is 24.5 Å². The smallest absolute Gasteiger partial charge is 0.329 e. The van der Waals surface area contributed by atoms with E-state index < -0.39 is 23.5 Å². The molecule has 0 N–H and O–H groups in total. The number of imidazole rings is 1. The molecule has 0 amide bonds. The van der Waals surface area contributed by atoms with E-state index in [1.54, 1.807) is 19.2 Å². The molecule has 3 aromatic heterocycles. The highest BCUT2D eigenvalue weighted by Crippen LogP contribution is 2.37. The minimum Gasteiger partial charge on any atom is -0.329 e. The number of anilines is 1. The Balaban J connectivity index is 1.56. The molecule has 1 aliphatic carbocycles. The standard InChI is InChI=1S/C25H22F6N6/c1-15-10-33-23(34-11-15)36(12-17-7-18(24(26,27)28)9-19(8-17)25(29,30)31)14-21-35-20-3-2-6-32-22(20)37(21)13-16-4-5-16/h2-3,6-11,16H,4-5,12-14H2,1H3. The van der Waals surface area contributed by atoms with E-state index in [1.165, 1.54) is 17.3 Å². The number of pyridine rings is 1. The molecule has 0 saturated heterocycles. The zero-order chi connectivity index (χ0) is 26.4. The first-order chi connectivity index (χ1) is 17.5. The van der Waals surface area contributed by atoms with E-state index in [4.69, 9.17) is 0 Å². The molecule has 0 spiro atoms. The van der Waals surface area contributed by atoms with Crippen LogP contribution in [0.4, 0.5) is 32.3 Å². The molecule has 5 rings (SSSR count). The molecule has 0 atom stereocenters. The fourth-order valence-corrected chi connectivity index (χ4v) is 4.12. The second-order valence-electron chi connectivity index (χ2n) is 9.26. The summed E-state index contributed by atoms with van der Waals surface area (Å²) >= 11 is 0. The lowest BCUT2D eigenvalue weighted by molar-refractivity contribution is -0.143. The van der Waals surface area contributed by atoms with Gasteiger partial charge in [-0.25, -0.2) is 19.9 Å². The number of hydrogen-bond acceptors (Lipinski definition) is 5. The van der Waals surface area contributed by atoms with Crippen LogP contribution in [0.5, 0.6) is 0 Å². The third kappa shape index (κ3) is 5.67. The number of hydrogen-bond donors (Lipinski definition) is 0. The van der Waals surface area contributed by atoms with Crippen molar-refractivity contribution in [2.45, 2.75) is 51.8 Å². The Hall–Kier alpha value is -3.70. The van der Waals surface area contributed by atoms with Gasteiger partial charge in [-0.05, 0) is 67.1 Å². The minimum absolute atomic E-state index is 0.0593. The van der Waals surface area contributed by atoms with Crippen LogP contribution in [0.25, 0.3) is 11.2 Å². The van der Waals surface area contributed by atoms with Crippen LogP contribution in [0.2, 0.25) is 0 Å². The monoisotopic (exact) mass is 520 g/mol. The highest BCUT2D eigenvalue weighted by Gasteiger charge is 2.37. The van der Waals surface area contributed by atoms with Crippen molar-refractivity contribution in [3.8, 4) is 0 Å². The molecule has 3 heterocycles. The van der Waals surface area contributed by atoms with Crippen LogP contribution in [0.1, 0.15) is 40.9 Å². The van der Waals surface area contributed by atoms with Crippen LogP contribution >= 0.6 is 0 Å². The average Bonchev–Trinajstić information content (AvgIpc) is 3.59. The van der Waals surface area contributed by atoms with Crippen LogP contribution in [0.3, 0.4) is 0 Å². The second-order valence-corrected chi connectivity index (χ2v) is 9.26. The Labute approximate surface area is 208 Å². The minimum atomic E-state index is -4.94. The van der Waals surface area contributed by atoms with Gasteiger partial charge in [0.25, 0.3) is 0 Å². The molecule has 1 fully saturated rings. The number of benzene rings is 1. The van der Waals surface area contributed by atoms with Gasteiger partial charge < -0.3 is 9.47 Å². The van der Waals surface area contributed by atoms with Gasteiger partial charge in [0.15, 0.2) is 5.65 Å². The Morgan fingerprint density at radius 2 is 1.57 bits per heavy atom. The first-order valence-electron chi connectivity index (χ1n) is 11.6. The molecule has 0 radical (unpaired) electrons. The maximum absolute atomic E-state index is 13.5. The summed E-state index contributed by atoms with van der Waals surface area (Å²) in [5.74, 6) is 1.21. The number of aromatic nitrogens is 5. The maximum Gasteiger partial charge on any atom is 0.416 e. The summed E-state index contributed by atoms with van der Waals surface area (Å²) < 4.78 is 82.7. The van der Waals surface area contributed by atoms with E-state index >= 15 is 0 Å². The largest absolute Gasteiger partial charge is 0.416 e. The van der Waals surface area contributed by atoms with Gasteiger partial charge in [0.05, 0.1) is 17.7 Å². The number of rotatable bonds is 7. The first-order valence-corrected chi connectivity index (χ1v) is 11.6. The van der Waals surface area contributed by atoms with Gasteiger partial charge in [-0.3, -0.25) is 0 Å². The summed E-state index contributed by atoms with van der Waals surface area (Å²) in [6.07, 6.45) is -3.01. The summed E-state index contributed by atoms with van der Waals surface area (Å²) in [5, 5.41) is 0. The summed E-state index contributed by atoms with van der Waals surface area (Å²) in [7, 11) is 0. The number of alkyl halides is 6. The van der Waals surface area contributed by atoms with Gasteiger partial charge in [-0.15, -0.1) is 0 Å². The van der Waals surface area contributed by atoms with Crippen molar-refractivity contribution in [1.82, 2.24) is 24.5 Å². The molecular weight excluding hydrogens is 498 g/mol. The van der Waals surface area contributed by atoms with Gasteiger partial charge >= 0.3 is 12.4 Å². The molecule has 1 saturated carbocycles. The van der Waals surface area contributed by atoms with E-state index in [2.05, 4.69) is 19.9 Å². The Bertz CT molecular complexity index is 1370. The van der Waals surface area contributed by atoms with E-state index in [9.17, 15) is 26.3 Å². The second kappa shape index (κ2) is 9.31. The van der Waals surface area contributed by atoms with E-state index in [0.717, 1.165) is 30.5 Å². The number of nitrogens with zero attached hydrogens (tertiary/aromatic N) is 6. The van der Waals surface area contributed by atoms with Crippen molar-refractivity contribution in [3.05, 3.63) is 77.0 Å². The quantitative estimate of drug-likeness (QED) is 0.272. The van der Waals surface area contributed by atoms with Crippen molar-refractivity contribution in [2.75, 3.05) is 4.90 Å². The van der Waals surface area contributed by atoms with Gasteiger partial charge in [0.2, 0.25) is 5.95 Å². The number of aryl methyl sites for hydroxylation is 1. The third-order valence-corrected chi connectivity index (χ3v) is 6.12. The van der Waals surface area contributed by atoms with Crippen LogP contribution < -0.4 is 4.90 Å². The lowest BCUT2D eigenvalue weighted by Gasteiger charge is -2.24. The van der Waals surface area contributed by atoms with Crippen LogP contribution in [0.15, 0.2) is 48.9 Å². The Morgan fingerprint density at radius 1 is 0.919 bits per heavy atom. The predicted octanol–water partition coefficient (Wildman–Crippen LogP) is 6.18. The topological polar surface area (TPSA) is 59.7 Å². The van der Waals surface area contributed by atoms with Gasteiger partial charge in [0.1, 0.15) is 11.3 Å². The highest BCUT2D eigenvalue weighted by molar-refractivity contribution is 5.71. The summed E-state index contributed by atoms with van der Waals surface area (Å²) in [4.78, 5) is 19.2. The normalized spacial score (nSPS) is 14.4. The number of halogens is 6. The van der Waals surface area contributed by atoms with Crippen LogP contribution in [-0.2, 0) is 32.0 Å². The first kappa shape index (κ1) is 25.0. The molecule has 194 valence electrons. The van der Waals surface area contributed by atoms with E-state index in [0.29, 0.717) is 29.5 Å². The molecule has 0 bridgehead atoms. The molecule has 6 nitrogen and oxygen atoms in total. The van der Waals surface area contributed by atoms with Crippen molar-refractivity contribution < 1.29 is 26.3 Å². The summed E-state index contributed by atoms with van der Waals surface area (Å²) in [6.45, 7) is 2.21. The molecule has 1 aromatic carbocycles. The van der Waals surface area contributed by atoms with Crippen LogP contribution in [0, 0.1) is 12.8 Å². The van der Waals surface area contributed by atoms with Crippen molar-refractivity contribution >= 4 is 17.1 Å². The van der Waals surface area contributed by atoms with Crippen molar-refractivity contribution in [2.24, 2.45) is 5.92 Å². The average molecular weight is 520 g/mol. The fourth-order valence-electron chi connectivity index (χ4n) is 4.12. The van der Waals surface area contributed by atoms with Gasteiger partial charge in [0, 0.05) is 31.7 Å². The van der Waals surface area contributed by atoms with Crippen molar-refractivity contribution in [3.63, 3.8) is 0 Å². The Morgan fingerprint density at radius 3 is 2.16 bits per heavy atom. The highest BCUT2D eigenvalue weighted by atomic mass is 19.4. The Kier molecular flexibility index (Phi) is 6.28. The maximum atomic E-state index is 13.5. The lowest BCUT2D eigenvalue weighted by Crippen LogP contribution is -2.27. The molecular formula is C25H22F6N6. The predicted molar refractivity (Wildman–Crippen MR) is 123 cm³/mol. The third-order valence-electron chi connectivity index (χ3n) is 6.12. The lowest BCUT2D eigenvalue weighted by atomic mass is 10.0. The van der Waals surface area contributed by atoms with E-state index in [1.807, 2.05) is 10.6 Å². The molecule has 4 aromatic rings. The molecule has 1 aliphatic rings. The SMILES string of the molecule is Cc1cnc(N(Cc2cc(C(F)(F)F)cc(C(F)(F)F)c2)Cc2nc3cccnc3n2CC2CC2)nc1. The molecule has 0 aliphatic heterocycles. The fraction of sp³-hybridized carbons (Fsp3) is 0.360. The van der Waals surface area contributed by atoms with Crippen molar-refractivity contribution in [1.29, 1.82) is 0 Å². The molecule has 0 unspecified atom stereocenters. The number of fused-ring (bicyclic) bond motifs is 1. The molecule has 37 heavy (non-hydrogen) atoms. The summed E-state index contributed by atoms with van der Waals surface area (Å²) in [6, 6.07) is 5.14. The van der Waals surface area contributed by atoms with E-state index in [-0.39, 0.29) is 30.7 Å². The van der Waals surface area contributed by atoms with Gasteiger partial charge in [-0.2, -0.15) is 26.3 Å². The van der Waals surface area contributed by atoms with Gasteiger partial charge in [-0.1, -0.05) is 0 Å².